The number of rotatable bonds is 3. The van der Waals surface area contributed by atoms with Gasteiger partial charge in [0.05, 0.1) is 5.92 Å². The molecule has 0 aromatic carbocycles. The highest BCUT2D eigenvalue weighted by molar-refractivity contribution is 5.83. The van der Waals surface area contributed by atoms with E-state index in [0.29, 0.717) is 19.3 Å². The van der Waals surface area contributed by atoms with E-state index in [0.717, 1.165) is 6.42 Å². The summed E-state index contributed by atoms with van der Waals surface area (Å²) in [5, 5.41) is 0. The minimum Gasteiger partial charge on any atom is -0.299 e. The van der Waals surface area contributed by atoms with Gasteiger partial charge >= 0.3 is 6.18 Å². The topological polar surface area (TPSA) is 17.1 Å². The second-order valence-corrected chi connectivity index (χ2v) is 4.75. The molecule has 1 aliphatic rings. The van der Waals surface area contributed by atoms with Crippen molar-refractivity contribution in [3.63, 3.8) is 0 Å². The molecule has 0 saturated heterocycles. The third kappa shape index (κ3) is 2.98. The maximum atomic E-state index is 12.8. The van der Waals surface area contributed by atoms with E-state index in [1.54, 1.807) is 6.92 Å². The van der Waals surface area contributed by atoms with Crippen molar-refractivity contribution in [1.82, 2.24) is 0 Å². The molecule has 0 aromatic heterocycles. The van der Waals surface area contributed by atoms with Gasteiger partial charge in [0.25, 0.3) is 0 Å². The summed E-state index contributed by atoms with van der Waals surface area (Å²) in [6.07, 6.45) is -1.72. The highest BCUT2D eigenvalue weighted by Gasteiger charge is 2.48. The van der Waals surface area contributed by atoms with Gasteiger partial charge in [-0.25, -0.2) is 0 Å². The van der Waals surface area contributed by atoms with Gasteiger partial charge in [-0.3, -0.25) is 4.79 Å². The average molecular weight is 236 g/mol. The van der Waals surface area contributed by atoms with E-state index >= 15 is 0 Å². The minimum absolute atomic E-state index is 0.121. The molecule has 0 aromatic rings. The summed E-state index contributed by atoms with van der Waals surface area (Å²) in [6, 6.07) is 0. The molecule has 94 valence electrons. The number of carbonyl (C=O) groups excluding carboxylic acids is 1. The van der Waals surface area contributed by atoms with Gasteiger partial charge in [0.2, 0.25) is 0 Å². The molecule has 3 atom stereocenters. The quantitative estimate of drug-likeness (QED) is 0.724. The molecule has 3 unspecified atom stereocenters. The molecule has 0 spiro atoms. The third-order valence-corrected chi connectivity index (χ3v) is 3.65. The Kier molecular flexibility index (Phi) is 4.39. The number of hydrogen-bond acceptors (Lipinski definition) is 1. The summed E-state index contributed by atoms with van der Waals surface area (Å²) in [5.74, 6) is -2.62. The van der Waals surface area contributed by atoms with Crippen LogP contribution in [0.5, 0.6) is 0 Å². The zero-order valence-electron chi connectivity index (χ0n) is 9.81. The van der Waals surface area contributed by atoms with Crippen LogP contribution in [0.2, 0.25) is 0 Å². The first-order valence-corrected chi connectivity index (χ1v) is 5.98. The van der Waals surface area contributed by atoms with E-state index in [2.05, 4.69) is 0 Å². The second kappa shape index (κ2) is 5.19. The van der Waals surface area contributed by atoms with Gasteiger partial charge in [0.1, 0.15) is 5.78 Å². The van der Waals surface area contributed by atoms with Crippen molar-refractivity contribution in [3.8, 4) is 0 Å². The van der Waals surface area contributed by atoms with Crippen LogP contribution in [0.3, 0.4) is 0 Å². The Labute approximate surface area is 94.4 Å². The minimum atomic E-state index is -4.21. The van der Waals surface area contributed by atoms with Crippen molar-refractivity contribution < 1.29 is 18.0 Å². The highest BCUT2D eigenvalue weighted by Crippen LogP contribution is 2.42. The molecule has 16 heavy (non-hydrogen) atoms. The lowest BCUT2D eigenvalue weighted by Crippen LogP contribution is -2.39. The molecule has 0 N–H and O–H groups in total. The average Bonchev–Trinajstić information content (AvgIpc) is 2.26. The number of ketones is 1. The fourth-order valence-electron chi connectivity index (χ4n) is 2.43. The van der Waals surface area contributed by atoms with Crippen LogP contribution < -0.4 is 0 Å². The van der Waals surface area contributed by atoms with Crippen molar-refractivity contribution in [2.75, 3.05) is 0 Å². The highest BCUT2D eigenvalue weighted by atomic mass is 19.4. The fourth-order valence-corrected chi connectivity index (χ4v) is 2.43. The van der Waals surface area contributed by atoms with Crippen LogP contribution in [0.25, 0.3) is 0 Å². The Morgan fingerprint density at radius 1 is 1.31 bits per heavy atom. The number of carbonyl (C=O) groups is 1. The SMILES string of the molecule is CCC(C)C(=O)C1CCCCC1C(F)(F)F. The molecule has 1 fully saturated rings. The Bertz CT molecular complexity index is 247. The second-order valence-electron chi connectivity index (χ2n) is 4.75. The van der Waals surface area contributed by atoms with Gasteiger partial charge in [0.15, 0.2) is 0 Å². The van der Waals surface area contributed by atoms with Gasteiger partial charge in [-0.1, -0.05) is 26.7 Å². The van der Waals surface area contributed by atoms with Crippen LogP contribution in [0, 0.1) is 17.8 Å². The smallest absolute Gasteiger partial charge is 0.299 e. The molecule has 1 saturated carbocycles. The Hall–Kier alpha value is -0.540. The van der Waals surface area contributed by atoms with E-state index in [-0.39, 0.29) is 18.1 Å². The normalized spacial score (nSPS) is 28.8. The van der Waals surface area contributed by atoms with Gasteiger partial charge in [-0.05, 0) is 19.3 Å². The Balaban J connectivity index is 2.78. The maximum absolute atomic E-state index is 12.8. The molecular formula is C12H19F3O. The summed E-state index contributed by atoms with van der Waals surface area (Å²) in [5.41, 5.74) is 0. The fraction of sp³-hybridized carbons (Fsp3) is 0.917. The molecule has 0 radical (unpaired) electrons. The molecule has 1 aliphatic carbocycles. The van der Waals surface area contributed by atoms with Crippen molar-refractivity contribution in [2.45, 2.75) is 52.1 Å². The lowest BCUT2D eigenvalue weighted by atomic mass is 9.73. The van der Waals surface area contributed by atoms with Gasteiger partial charge in [-0.2, -0.15) is 13.2 Å². The monoisotopic (exact) mass is 236 g/mol. The van der Waals surface area contributed by atoms with Crippen molar-refractivity contribution in [2.24, 2.45) is 17.8 Å². The molecule has 0 heterocycles. The van der Waals surface area contributed by atoms with Gasteiger partial charge < -0.3 is 0 Å². The lowest BCUT2D eigenvalue weighted by molar-refractivity contribution is -0.198. The summed E-state index contributed by atoms with van der Waals surface area (Å²) in [6.45, 7) is 3.57. The molecular weight excluding hydrogens is 217 g/mol. The predicted octanol–water partition coefficient (Wildman–Crippen LogP) is 3.97. The van der Waals surface area contributed by atoms with Crippen LogP contribution in [0.1, 0.15) is 46.0 Å². The number of alkyl halides is 3. The Morgan fingerprint density at radius 3 is 2.38 bits per heavy atom. The summed E-state index contributed by atoms with van der Waals surface area (Å²) in [7, 11) is 0. The van der Waals surface area contributed by atoms with Crippen molar-refractivity contribution in [1.29, 1.82) is 0 Å². The molecule has 0 aliphatic heterocycles. The van der Waals surface area contributed by atoms with Crippen LogP contribution in [-0.2, 0) is 4.79 Å². The first-order chi connectivity index (χ1) is 7.38. The summed E-state index contributed by atoms with van der Waals surface area (Å²) in [4.78, 5) is 11.9. The van der Waals surface area contributed by atoms with Crippen LogP contribution in [0.4, 0.5) is 13.2 Å². The lowest BCUT2D eigenvalue weighted by Gasteiger charge is -2.33. The number of halogens is 3. The molecule has 1 nitrogen and oxygen atoms in total. The molecule has 0 bridgehead atoms. The standard InChI is InChI=1S/C12H19F3O/c1-3-8(2)11(16)9-6-4-5-7-10(9)12(13,14)15/h8-10H,3-7H2,1-2H3. The molecule has 1 rings (SSSR count). The number of Topliss-reactive ketones (excluding diaryl/α,β-unsaturated/α-hetero) is 1. The zero-order valence-corrected chi connectivity index (χ0v) is 9.81. The molecule has 0 amide bonds. The van der Waals surface area contributed by atoms with Crippen LogP contribution in [0.15, 0.2) is 0 Å². The van der Waals surface area contributed by atoms with Gasteiger partial charge in [-0.15, -0.1) is 0 Å². The largest absolute Gasteiger partial charge is 0.392 e. The molecule has 4 heteroatoms. The maximum Gasteiger partial charge on any atom is 0.392 e. The van der Waals surface area contributed by atoms with E-state index in [1.165, 1.54) is 0 Å². The summed E-state index contributed by atoms with van der Waals surface area (Å²) < 4.78 is 38.3. The first kappa shape index (κ1) is 13.5. The zero-order chi connectivity index (χ0) is 12.3. The van der Waals surface area contributed by atoms with E-state index in [4.69, 9.17) is 0 Å². The Morgan fingerprint density at radius 2 is 1.88 bits per heavy atom. The van der Waals surface area contributed by atoms with E-state index in [9.17, 15) is 18.0 Å². The summed E-state index contributed by atoms with van der Waals surface area (Å²) >= 11 is 0. The van der Waals surface area contributed by atoms with Crippen LogP contribution in [-0.4, -0.2) is 12.0 Å². The van der Waals surface area contributed by atoms with Crippen molar-refractivity contribution >= 4 is 5.78 Å². The van der Waals surface area contributed by atoms with Gasteiger partial charge in [0, 0.05) is 11.8 Å². The predicted molar refractivity (Wildman–Crippen MR) is 56.0 cm³/mol. The van der Waals surface area contributed by atoms with E-state index in [1.807, 2.05) is 6.92 Å². The van der Waals surface area contributed by atoms with Crippen molar-refractivity contribution in [3.05, 3.63) is 0 Å². The first-order valence-electron chi connectivity index (χ1n) is 5.98. The third-order valence-electron chi connectivity index (χ3n) is 3.65. The number of hydrogen-bond donors (Lipinski definition) is 0. The van der Waals surface area contributed by atoms with Crippen LogP contribution >= 0.6 is 0 Å². The van der Waals surface area contributed by atoms with E-state index < -0.39 is 18.0 Å².